The van der Waals surface area contributed by atoms with E-state index < -0.39 is 0 Å². The second kappa shape index (κ2) is 7.65. The monoisotopic (exact) mass is 330 g/mol. The Bertz CT molecular complexity index is 429. The molecule has 19 heavy (non-hydrogen) atoms. The van der Waals surface area contributed by atoms with Gasteiger partial charge in [0.25, 0.3) is 0 Å². The Hall–Kier alpha value is -0.880. The van der Waals surface area contributed by atoms with Crippen LogP contribution in [0.2, 0.25) is 0 Å². The van der Waals surface area contributed by atoms with Crippen LogP contribution in [0.15, 0.2) is 4.47 Å². The summed E-state index contributed by atoms with van der Waals surface area (Å²) in [5, 5.41) is 10.4. The van der Waals surface area contributed by atoms with E-state index in [1.165, 1.54) is 0 Å². The molecule has 0 atom stereocenters. The molecule has 1 rings (SSSR count). The number of aryl methyl sites for hydroxylation is 2. The normalized spacial score (nSPS) is 11.1. The maximum absolute atomic E-state index is 11.6. The molecule has 1 amide bonds. The zero-order valence-electron chi connectivity index (χ0n) is 12.1. The van der Waals surface area contributed by atoms with Gasteiger partial charge in [-0.1, -0.05) is 13.8 Å². The van der Waals surface area contributed by atoms with E-state index in [2.05, 4.69) is 52.4 Å². The summed E-state index contributed by atoms with van der Waals surface area (Å²) in [6.45, 7) is 10.7. The predicted octanol–water partition coefficient (Wildman–Crippen LogP) is 1.84. The number of nitrogens with one attached hydrogen (secondary N) is 2. The first-order chi connectivity index (χ1) is 8.95. The van der Waals surface area contributed by atoms with Gasteiger partial charge < -0.3 is 10.6 Å². The van der Waals surface area contributed by atoms with Gasteiger partial charge in [0.15, 0.2) is 0 Å². The van der Waals surface area contributed by atoms with Crippen molar-refractivity contribution in [3.8, 4) is 0 Å². The lowest BCUT2D eigenvalue weighted by atomic mass is 10.2. The molecule has 5 nitrogen and oxygen atoms in total. The number of aromatic nitrogens is 2. The summed E-state index contributed by atoms with van der Waals surface area (Å²) in [6.07, 6.45) is 0. The molecule has 0 saturated carbocycles. The first-order valence-electron chi connectivity index (χ1n) is 6.64. The highest BCUT2D eigenvalue weighted by molar-refractivity contribution is 9.10. The van der Waals surface area contributed by atoms with Crippen LogP contribution in [0.4, 0.5) is 0 Å². The Morgan fingerprint density at radius 1 is 1.47 bits per heavy atom. The third-order valence-electron chi connectivity index (χ3n) is 2.74. The van der Waals surface area contributed by atoms with Gasteiger partial charge in [0.1, 0.15) is 0 Å². The highest BCUT2D eigenvalue weighted by atomic mass is 79.9. The molecule has 2 N–H and O–H groups in total. The maximum Gasteiger partial charge on any atom is 0.233 e. The lowest BCUT2D eigenvalue weighted by Crippen LogP contribution is -2.35. The number of carbonyl (C=O) groups excluding carboxylic acids is 1. The summed E-state index contributed by atoms with van der Waals surface area (Å²) in [7, 11) is 0. The summed E-state index contributed by atoms with van der Waals surface area (Å²) >= 11 is 3.53. The number of amides is 1. The highest BCUT2D eigenvalue weighted by Crippen LogP contribution is 2.20. The van der Waals surface area contributed by atoms with Gasteiger partial charge >= 0.3 is 0 Å². The van der Waals surface area contributed by atoms with Gasteiger partial charge in [0, 0.05) is 19.6 Å². The molecule has 0 fully saturated rings. The fourth-order valence-electron chi connectivity index (χ4n) is 1.71. The van der Waals surface area contributed by atoms with Crippen molar-refractivity contribution in [3.05, 3.63) is 15.9 Å². The van der Waals surface area contributed by atoms with E-state index >= 15 is 0 Å². The van der Waals surface area contributed by atoms with E-state index in [-0.39, 0.29) is 5.91 Å². The van der Waals surface area contributed by atoms with Gasteiger partial charge in [0.05, 0.1) is 22.4 Å². The largest absolute Gasteiger partial charge is 0.355 e. The third kappa shape index (κ3) is 4.95. The summed E-state index contributed by atoms with van der Waals surface area (Å²) in [4.78, 5) is 11.6. The van der Waals surface area contributed by atoms with Gasteiger partial charge in [-0.05, 0) is 35.7 Å². The average Bonchev–Trinajstić information content (AvgIpc) is 2.63. The molecule has 1 heterocycles. The van der Waals surface area contributed by atoms with Gasteiger partial charge in [-0.2, -0.15) is 5.10 Å². The van der Waals surface area contributed by atoms with Crippen LogP contribution < -0.4 is 10.6 Å². The van der Waals surface area contributed by atoms with Crippen molar-refractivity contribution in [2.24, 2.45) is 5.92 Å². The molecule has 0 saturated heterocycles. The topological polar surface area (TPSA) is 59.0 Å². The molecule has 0 radical (unpaired) electrons. The first kappa shape index (κ1) is 16.2. The number of halogens is 1. The van der Waals surface area contributed by atoms with Gasteiger partial charge in [0.2, 0.25) is 5.91 Å². The van der Waals surface area contributed by atoms with Gasteiger partial charge in [-0.15, -0.1) is 0 Å². The van der Waals surface area contributed by atoms with E-state index in [9.17, 15) is 4.79 Å². The molecule has 0 bridgehead atoms. The molecular weight excluding hydrogens is 308 g/mol. The standard InChI is InChI=1S/C13H23BrN4O/c1-5-18-11(13(14)10(4)17-18)7-15-8-12(19)16-6-9(2)3/h9,15H,5-8H2,1-4H3,(H,16,19). The molecule has 0 unspecified atom stereocenters. The lowest BCUT2D eigenvalue weighted by molar-refractivity contribution is -0.120. The molecule has 0 aliphatic heterocycles. The molecule has 0 spiro atoms. The Balaban J connectivity index is 2.43. The fourth-order valence-corrected chi connectivity index (χ4v) is 2.14. The van der Waals surface area contributed by atoms with Crippen molar-refractivity contribution < 1.29 is 4.79 Å². The first-order valence-corrected chi connectivity index (χ1v) is 7.44. The Morgan fingerprint density at radius 2 is 2.16 bits per heavy atom. The van der Waals surface area contributed by atoms with Crippen LogP contribution in [0.25, 0.3) is 0 Å². The minimum absolute atomic E-state index is 0.0316. The van der Waals surface area contributed by atoms with E-state index in [0.29, 0.717) is 19.0 Å². The van der Waals surface area contributed by atoms with E-state index in [1.54, 1.807) is 0 Å². The quantitative estimate of drug-likeness (QED) is 0.801. The summed E-state index contributed by atoms with van der Waals surface area (Å²) < 4.78 is 2.96. The Kier molecular flexibility index (Phi) is 6.51. The number of rotatable bonds is 7. The second-order valence-electron chi connectivity index (χ2n) is 4.96. The number of nitrogens with zero attached hydrogens (tertiary/aromatic N) is 2. The van der Waals surface area contributed by atoms with Crippen LogP contribution >= 0.6 is 15.9 Å². The van der Waals surface area contributed by atoms with Crippen LogP contribution in [0.5, 0.6) is 0 Å². The molecule has 0 aliphatic rings. The number of hydrogen-bond donors (Lipinski definition) is 2. The van der Waals surface area contributed by atoms with Crippen LogP contribution in [-0.4, -0.2) is 28.8 Å². The van der Waals surface area contributed by atoms with Crippen LogP contribution in [0.1, 0.15) is 32.2 Å². The minimum atomic E-state index is 0.0316. The van der Waals surface area contributed by atoms with Crippen molar-refractivity contribution in [1.82, 2.24) is 20.4 Å². The lowest BCUT2D eigenvalue weighted by Gasteiger charge is -2.09. The molecule has 0 aromatic carbocycles. The maximum atomic E-state index is 11.6. The zero-order valence-corrected chi connectivity index (χ0v) is 13.7. The molecular formula is C13H23BrN4O. The average molecular weight is 331 g/mol. The smallest absolute Gasteiger partial charge is 0.233 e. The number of hydrogen-bond acceptors (Lipinski definition) is 3. The molecule has 108 valence electrons. The summed E-state index contributed by atoms with van der Waals surface area (Å²) in [5.74, 6) is 0.506. The van der Waals surface area contributed by atoms with Crippen molar-refractivity contribution in [1.29, 1.82) is 0 Å². The van der Waals surface area contributed by atoms with E-state index in [0.717, 1.165) is 29.0 Å². The minimum Gasteiger partial charge on any atom is -0.355 e. The molecule has 1 aromatic heterocycles. The molecule has 0 aliphatic carbocycles. The van der Waals surface area contributed by atoms with Gasteiger partial charge in [-0.25, -0.2) is 0 Å². The van der Waals surface area contributed by atoms with Crippen LogP contribution in [0.3, 0.4) is 0 Å². The van der Waals surface area contributed by atoms with Crippen molar-refractivity contribution in [3.63, 3.8) is 0 Å². The number of carbonyl (C=O) groups is 1. The highest BCUT2D eigenvalue weighted by Gasteiger charge is 2.12. The molecule has 1 aromatic rings. The van der Waals surface area contributed by atoms with Crippen LogP contribution in [0, 0.1) is 12.8 Å². The predicted molar refractivity (Wildman–Crippen MR) is 79.9 cm³/mol. The van der Waals surface area contributed by atoms with Gasteiger partial charge in [-0.3, -0.25) is 9.48 Å². The second-order valence-corrected chi connectivity index (χ2v) is 5.76. The van der Waals surface area contributed by atoms with Crippen LogP contribution in [-0.2, 0) is 17.9 Å². The van der Waals surface area contributed by atoms with E-state index in [1.807, 2.05) is 11.6 Å². The van der Waals surface area contributed by atoms with Crippen molar-refractivity contribution in [2.45, 2.75) is 40.8 Å². The SMILES string of the molecule is CCn1nc(C)c(Br)c1CNCC(=O)NCC(C)C. The fraction of sp³-hybridized carbons (Fsp3) is 0.692. The zero-order chi connectivity index (χ0) is 14.4. The van der Waals surface area contributed by atoms with Crippen molar-refractivity contribution >= 4 is 21.8 Å². The summed E-state index contributed by atoms with van der Waals surface area (Å²) in [6, 6.07) is 0. The molecule has 6 heteroatoms. The Morgan fingerprint density at radius 3 is 2.74 bits per heavy atom. The van der Waals surface area contributed by atoms with E-state index in [4.69, 9.17) is 0 Å². The third-order valence-corrected chi connectivity index (χ3v) is 3.77. The Labute approximate surface area is 123 Å². The summed E-state index contributed by atoms with van der Waals surface area (Å²) in [5.41, 5.74) is 2.06. The van der Waals surface area contributed by atoms with Crippen molar-refractivity contribution in [2.75, 3.05) is 13.1 Å².